The number of amides is 1. The summed E-state index contributed by atoms with van der Waals surface area (Å²) in [5.41, 5.74) is 1.57. The van der Waals surface area contributed by atoms with E-state index in [-0.39, 0.29) is 12.5 Å². The van der Waals surface area contributed by atoms with Crippen LogP contribution in [0.3, 0.4) is 0 Å². The quantitative estimate of drug-likeness (QED) is 0.358. The Morgan fingerprint density at radius 3 is 2.71 bits per heavy atom. The van der Waals surface area contributed by atoms with Crippen LogP contribution in [0.15, 0.2) is 33.9 Å². The van der Waals surface area contributed by atoms with Gasteiger partial charge >= 0.3 is 11.2 Å². The van der Waals surface area contributed by atoms with Crippen molar-refractivity contribution in [3.63, 3.8) is 0 Å². The fourth-order valence-electron chi connectivity index (χ4n) is 3.73. The van der Waals surface area contributed by atoms with E-state index in [0.29, 0.717) is 27.6 Å². The Hall–Kier alpha value is -2.76. The molecule has 1 amide bonds. The molecule has 34 heavy (non-hydrogen) atoms. The number of aromatic nitrogens is 2. The molecule has 12 heteroatoms. The molecule has 0 saturated carbocycles. The second kappa shape index (κ2) is 10.2. The number of halogens is 1. The fourth-order valence-corrected chi connectivity index (χ4v) is 6.15. The molecule has 0 atom stereocenters. The van der Waals surface area contributed by atoms with E-state index < -0.39 is 32.7 Å². The molecule has 1 N–H and O–H groups in total. The monoisotopic (exact) mass is 523 g/mol. The van der Waals surface area contributed by atoms with Crippen LogP contribution >= 0.6 is 22.9 Å². The number of sulfone groups is 1. The Balaban J connectivity index is 1.55. The summed E-state index contributed by atoms with van der Waals surface area (Å²) in [6, 6.07) is 6.61. The van der Waals surface area contributed by atoms with Crippen LogP contribution in [-0.4, -0.2) is 42.9 Å². The normalized spacial score (nSPS) is 13.7. The van der Waals surface area contributed by atoms with Gasteiger partial charge in [0.1, 0.15) is 10.8 Å². The highest BCUT2D eigenvalue weighted by Crippen LogP contribution is 2.38. The van der Waals surface area contributed by atoms with Gasteiger partial charge in [0, 0.05) is 4.88 Å². The van der Waals surface area contributed by atoms with Gasteiger partial charge in [0.05, 0.1) is 22.8 Å². The second-order valence-electron chi connectivity index (χ2n) is 7.65. The van der Waals surface area contributed by atoms with Crippen LogP contribution < -0.4 is 5.32 Å². The van der Waals surface area contributed by atoms with Gasteiger partial charge in [-0.1, -0.05) is 35.3 Å². The average Bonchev–Trinajstić information content (AvgIpc) is 3.33. The van der Waals surface area contributed by atoms with Crippen molar-refractivity contribution in [3.8, 4) is 11.5 Å². The van der Waals surface area contributed by atoms with Gasteiger partial charge in [-0.15, -0.1) is 16.4 Å². The molecule has 0 bridgehead atoms. The molecule has 0 aliphatic heterocycles. The first-order valence-electron chi connectivity index (χ1n) is 10.7. The molecule has 1 aliphatic carbocycles. The fraction of sp³-hybridized carbons (Fsp3) is 0.364. The van der Waals surface area contributed by atoms with Crippen molar-refractivity contribution in [1.29, 1.82) is 0 Å². The SMILES string of the molecule is CCOC(=O)c1c(NC(=O)CS(=O)(=O)c2nnc(-c3ccccc3Cl)o2)sc2c1CCCCC2. The van der Waals surface area contributed by atoms with Gasteiger partial charge in [-0.2, -0.15) is 0 Å². The summed E-state index contributed by atoms with van der Waals surface area (Å²) in [6.45, 7) is 1.89. The lowest BCUT2D eigenvalue weighted by atomic mass is 10.1. The van der Waals surface area contributed by atoms with Gasteiger partial charge in [-0.05, 0) is 50.3 Å². The highest BCUT2D eigenvalue weighted by molar-refractivity contribution is 7.91. The Morgan fingerprint density at radius 1 is 1.18 bits per heavy atom. The second-order valence-corrected chi connectivity index (χ2v) is 11.0. The zero-order valence-electron chi connectivity index (χ0n) is 18.3. The van der Waals surface area contributed by atoms with E-state index in [1.54, 1.807) is 31.2 Å². The molecule has 180 valence electrons. The van der Waals surface area contributed by atoms with Crippen molar-refractivity contribution in [2.45, 2.75) is 44.3 Å². The van der Waals surface area contributed by atoms with E-state index >= 15 is 0 Å². The number of thiophene rings is 1. The number of nitrogens with one attached hydrogen (secondary N) is 1. The zero-order valence-corrected chi connectivity index (χ0v) is 20.7. The predicted octanol–water partition coefficient (Wildman–Crippen LogP) is 4.31. The molecule has 2 heterocycles. The topological polar surface area (TPSA) is 128 Å². The predicted molar refractivity (Wildman–Crippen MR) is 127 cm³/mol. The summed E-state index contributed by atoms with van der Waals surface area (Å²) in [5.74, 6) is -2.35. The highest BCUT2D eigenvalue weighted by Gasteiger charge is 2.30. The molecule has 1 aliphatic rings. The number of benzene rings is 1. The summed E-state index contributed by atoms with van der Waals surface area (Å²) < 4.78 is 36.0. The van der Waals surface area contributed by atoms with Crippen molar-refractivity contribution < 1.29 is 27.2 Å². The number of rotatable bonds is 7. The average molecular weight is 524 g/mol. The minimum absolute atomic E-state index is 0.0730. The van der Waals surface area contributed by atoms with Crippen molar-refractivity contribution in [2.75, 3.05) is 17.7 Å². The third kappa shape index (κ3) is 5.16. The van der Waals surface area contributed by atoms with Gasteiger partial charge in [0.2, 0.25) is 21.6 Å². The largest absolute Gasteiger partial charge is 0.462 e. The standard InChI is InChI=1S/C22H22ClN3O6S2/c1-2-31-21(28)18-14-9-4-3-5-11-16(14)33-20(18)24-17(27)12-34(29,30)22-26-25-19(32-22)13-8-6-7-10-15(13)23/h6-8,10H,2-5,9,11-12H2,1H3,(H,24,27). The summed E-state index contributed by atoms with van der Waals surface area (Å²) in [5, 5.41) is 9.84. The molecule has 0 unspecified atom stereocenters. The lowest BCUT2D eigenvalue weighted by molar-refractivity contribution is -0.113. The maximum atomic E-state index is 12.7. The third-order valence-electron chi connectivity index (χ3n) is 5.25. The highest BCUT2D eigenvalue weighted by atomic mass is 35.5. The summed E-state index contributed by atoms with van der Waals surface area (Å²) >= 11 is 7.38. The maximum absolute atomic E-state index is 12.7. The van der Waals surface area contributed by atoms with Crippen LogP contribution in [0.4, 0.5) is 5.00 Å². The van der Waals surface area contributed by atoms with Gasteiger partial charge in [-0.25, -0.2) is 13.2 Å². The molecule has 2 aromatic heterocycles. The molecule has 0 fully saturated rings. The van der Waals surface area contributed by atoms with Crippen molar-refractivity contribution in [2.24, 2.45) is 0 Å². The number of aryl methyl sites for hydroxylation is 1. The molecule has 4 rings (SSSR count). The van der Waals surface area contributed by atoms with E-state index in [9.17, 15) is 18.0 Å². The number of nitrogens with zero attached hydrogens (tertiary/aromatic N) is 2. The number of ether oxygens (including phenoxy) is 1. The van der Waals surface area contributed by atoms with Gasteiger partial charge < -0.3 is 14.5 Å². The van der Waals surface area contributed by atoms with E-state index in [2.05, 4.69) is 15.5 Å². The van der Waals surface area contributed by atoms with Gasteiger partial charge in [0.15, 0.2) is 0 Å². The molecule has 0 spiro atoms. The van der Waals surface area contributed by atoms with Crippen LogP contribution in [0.5, 0.6) is 0 Å². The number of carbonyl (C=O) groups excluding carboxylic acids is 2. The first kappa shape index (κ1) is 24.4. The minimum atomic E-state index is -4.24. The maximum Gasteiger partial charge on any atom is 0.341 e. The van der Waals surface area contributed by atoms with Gasteiger partial charge in [-0.3, -0.25) is 4.79 Å². The van der Waals surface area contributed by atoms with Crippen molar-refractivity contribution >= 4 is 49.7 Å². The Morgan fingerprint density at radius 2 is 1.94 bits per heavy atom. The number of esters is 1. The summed E-state index contributed by atoms with van der Waals surface area (Å²) in [6.07, 6.45) is 4.49. The van der Waals surface area contributed by atoms with Crippen molar-refractivity contribution in [3.05, 3.63) is 45.3 Å². The number of hydrogen-bond donors (Lipinski definition) is 1. The molecular formula is C22H22ClN3O6S2. The lowest BCUT2D eigenvalue weighted by Gasteiger charge is -2.08. The number of carbonyl (C=O) groups is 2. The van der Waals surface area contributed by atoms with Gasteiger partial charge in [0.25, 0.3) is 0 Å². The first-order valence-corrected chi connectivity index (χ1v) is 13.6. The van der Waals surface area contributed by atoms with Crippen LogP contribution in [0.2, 0.25) is 5.02 Å². The van der Waals surface area contributed by atoms with Crippen LogP contribution in [0.25, 0.3) is 11.5 Å². The number of fused-ring (bicyclic) bond motifs is 1. The minimum Gasteiger partial charge on any atom is -0.462 e. The van der Waals surface area contributed by atoms with Crippen LogP contribution in [-0.2, 0) is 32.2 Å². The Bertz CT molecular complexity index is 1330. The van der Waals surface area contributed by atoms with Crippen LogP contribution in [0, 0.1) is 0 Å². The lowest BCUT2D eigenvalue weighted by Crippen LogP contribution is -2.24. The molecular weight excluding hydrogens is 502 g/mol. The Labute approximate surface area is 205 Å². The van der Waals surface area contributed by atoms with E-state index in [4.69, 9.17) is 20.8 Å². The molecule has 1 aromatic carbocycles. The molecule has 9 nitrogen and oxygen atoms in total. The smallest absolute Gasteiger partial charge is 0.341 e. The zero-order chi connectivity index (χ0) is 24.3. The van der Waals surface area contributed by atoms with Crippen molar-refractivity contribution in [1.82, 2.24) is 10.2 Å². The van der Waals surface area contributed by atoms with E-state index in [1.807, 2.05) is 0 Å². The summed E-state index contributed by atoms with van der Waals surface area (Å²) in [7, 11) is -4.24. The first-order chi connectivity index (χ1) is 16.3. The van der Waals surface area contributed by atoms with E-state index in [0.717, 1.165) is 36.1 Å². The third-order valence-corrected chi connectivity index (χ3v) is 8.13. The molecule has 3 aromatic rings. The number of hydrogen-bond acceptors (Lipinski definition) is 9. The number of anilines is 1. The molecule has 0 radical (unpaired) electrons. The summed E-state index contributed by atoms with van der Waals surface area (Å²) in [4.78, 5) is 26.3. The molecule has 0 saturated heterocycles. The Kier molecular flexibility index (Phi) is 7.34. The van der Waals surface area contributed by atoms with Crippen LogP contribution in [0.1, 0.15) is 47.0 Å². The van der Waals surface area contributed by atoms with E-state index in [1.165, 1.54) is 11.3 Å².